The fourth-order valence-corrected chi connectivity index (χ4v) is 3.46. The first-order chi connectivity index (χ1) is 11.5. The quantitative estimate of drug-likeness (QED) is 0.554. The van der Waals surface area contributed by atoms with Gasteiger partial charge in [0.25, 0.3) is 0 Å². The molecule has 1 unspecified atom stereocenters. The topological polar surface area (TPSA) is 125 Å². The second kappa shape index (κ2) is 8.11. The van der Waals surface area contributed by atoms with E-state index in [1.165, 1.54) is 23.0 Å². The Hall–Kier alpha value is -2.14. The van der Waals surface area contributed by atoms with Gasteiger partial charge in [0.1, 0.15) is 6.04 Å². The van der Waals surface area contributed by atoms with E-state index in [4.69, 9.17) is 5.73 Å². The number of aromatic nitrogens is 4. The van der Waals surface area contributed by atoms with E-state index in [1.54, 1.807) is 0 Å². The van der Waals surface area contributed by atoms with Crippen molar-refractivity contribution < 1.29 is 14.3 Å². The lowest BCUT2D eigenvalue weighted by Crippen LogP contribution is -2.27. The Balaban J connectivity index is 2.18. The van der Waals surface area contributed by atoms with E-state index in [-0.39, 0.29) is 17.6 Å². The molecule has 3 N–H and O–H groups in total. The number of methoxy groups -OCH3 is 1. The number of thiazole rings is 1. The normalized spacial score (nSPS) is 12.0. The minimum atomic E-state index is -0.607. The fraction of sp³-hybridized carbons (Fsp3) is 0.462. The second-order valence-electron chi connectivity index (χ2n) is 4.78. The van der Waals surface area contributed by atoms with Crippen molar-refractivity contribution in [2.24, 2.45) is 0 Å². The van der Waals surface area contributed by atoms with Crippen molar-refractivity contribution in [3.63, 3.8) is 0 Å². The molecule has 1 amide bonds. The molecular weight excluding hydrogens is 352 g/mol. The summed E-state index contributed by atoms with van der Waals surface area (Å²) in [5, 5.41) is 13.3. The number of aryl methyl sites for hydroxylation is 1. The van der Waals surface area contributed by atoms with Crippen LogP contribution in [-0.4, -0.2) is 44.5 Å². The van der Waals surface area contributed by atoms with E-state index in [9.17, 15) is 9.59 Å². The summed E-state index contributed by atoms with van der Waals surface area (Å²) in [6, 6.07) is -0.607. The van der Waals surface area contributed by atoms with Crippen molar-refractivity contribution in [1.82, 2.24) is 19.7 Å². The average Bonchev–Trinajstić information content (AvgIpc) is 3.12. The van der Waals surface area contributed by atoms with Gasteiger partial charge in [-0.3, -0.25) is 14.2 Å². The number of ether oxygens (including phenoxy) is 1. The number of anilines is 2. The molecule has 1 atom stereocenters. The lowest BCUT2D eigenvalue weighted by Gasteiger charge is -2.18. The van der Waals surface area contributed by atoms with E-state index >= 15 is 0 Å². The van der Waals surface area contributed by atoms with E-state index in [0.29, 0.717) is 16.7 Å². The third-order valence-electron chi connectivity index (χ3n) is 3.09. The fourth-order valence-electron chi connectivity index (χ4n) is 1.95. The van der Waals surface area contributed by atoms with Gasteiger partial charge in [-0.05, 0) is 13.3 Å². The van der Waals surface area contributed by atoms with E-state index in [1.807, 2.05) is 19.2 Å². The Morgan fingerprint density at radius 2 is 2.25 bits per heavy atom. The van der Waals surface area contributed by atoms with E-state index in [0.717, 1.165) is 17.5 Å². The van der Waals surface area contributed by atoms with Crippen LogP contribution in [0.25, 0.3) is 0 Å². The monoisotopic (exact) mass is 370 g/mol. The van der Waals surface area contributed by atoms with Crippen LogP contribution < -0.4 is 11.1 Å². The lowest BCUT2D eigenvalue weighted by molar-refractivity contribution is -0.137. The van der Waals surface area contributed by atoms with Crippen LogP contribution >= 0.6 is 23.1 Å². The van der Waals surface area contributed by atoms with Crippen LogP contribution in [0.4, 0.5) is 11.1 Å². The predicted octanol–water partition coefficient (Wildman–Crippen LogP) is 1.48. The zero-order valence-corrected chi connectivity index (χ0v) is 15.1. The maximum Gasteiger partial charge on any atom is 0.316 e. The number of nitrogens with zero attached hydrogens (tertiary/aromatic N) is 4. The van der Waals surface area contributed by atoms with Crippen molar-refractivity contribution in [3.05, 3.63) is 11.1 Å². The molecule has 24 heavy (non-hydrogen) atoms. The number of carbonyl (C=O) groups is 2. The van der Waals surface area contributed by atoms with Gasteiger partial charge in [0.2, 0.25) is 11.9 Å². The molecule has 0 aromatic carbocycles. The summed E-state index contributed by atoms with van der Waals surface area (Å²) >= 11 is 2.46. The Labute approximate surface area is 147 Å². The lowest BCUT2D eigenvalue weighted by atomic mass is 10.2. The van der Waals surface area contributed by atoms with E-state index < -0.39 is 12.0 Å². The molecule has 2 aromatic rings. The van der Waals surface area contributed by atoms with Gasteiger partial charge in [0, 0.05) is 5.38 Å². The highest BCUT2D eigenvalue weighted by molar-refractivity contribution is 7.99. The standard InChI is InChI=1S/C13H18N6O3S2/c1-4-8(10(21)16-12-15-7(2)5-23-12)19-11(14)17-18-13(19)24-6-9(20)22-3/h5,8H,4,6H2,1-3H3,(H2,14,17)(H,15,16,21). The van der Waals surface area contributed by atoms with Crippen molar-refractivity contribution in [1.29, 1.82) is 0 Å². The summed E-state index contributed by atoms with van der Waals surface area (Å²) in [4.78, 5) is 28.1. The number of nitrogens with one attached hydrogen (secondary N) is 1. The minimum Gasteiger partial charge on any atom is -0.468 e. The first-order valence-corrected chi connectivity index (χ1v) is 8.95. The minimum absolute atomic E-state index is 0.0539. The molecule has 9 nitrogen and oxygen atoms in total. The molecule has 0 saturated carbocycles. The molecule has 0 fully saturated rings. The highest BCUT2D eigenvalue weighted by Crippen LogP contribution is 2.26. The number of hydrogen-bond donors (Lipinski definition) is 2. The summed E-state index contributed by atoms with van der Waals surface area (Å²) in [5.74, 6) is -0.500. The summed E-state index contributed by atoms with van der Waals surface area (Å²) in [5.41, 5.74) is 6.69. The Morgan fingerprint density at radius 1 is 1.50 bits per heavy atom. The molecule has 0 aliphatic heterocycles. The Bertz CT molecular complexity index is 729. The maximum atomic E-state index is 12.6. The number of esters is 1. The average molecular weight is 370 g/mol. The van der Waals surface area contributed by atoms with Crippen LogP contribution in [0.1, 0.15) is 25.1 Å². The third-order valence-corrected chi connectivity index (χ3v) is 4.88. The van der Waals surface area contributed by atoms with Crippen LogP contribution in [0.15, 0.2) is 10.5 Å². The van der Waals surface area contributed by atoms with Crippen LogP contribution in [0.3, 0.4) is 0 Å². The number of nitrogens with two attached hydrogens (primary N) is 1. The van der Waals surface area contributed by atoms with Crippen molar-refractivity contribution in [2.45, 2.75) is 31.5 Å². The van der Waals surface area contributed by atoms with Gasteiger partial charge in [-0.15, -0.1) is 21.5 Å². The molecule has 2 rings (SSSR count). The van der Waals surface area contributed by atoms with Crippen LogP contribution in [0, 0.1) is 6.92 Å². The highest BCUT2D eigenvalue weighted by Gasteiger charge is 2.26. The number of nitrogen functional groups attached to an aromatic ring is 1. The number of amides is 1. The van der Waals surface area contributed by atoms with Crippen molar-refractivity contribution in [2.75, 3.05) is 23.9 Å². The molecule has 0 radical (unpaired) electrons. The number of hydrogen-bond acceptors (Lipinski definition) is 9. The molecule has 0 aliphatic rings. The van der Waals surface area contributed by atoms with Gasteiger partial charge in [-0.2, -0.15) is 0 Å². The molecule has 2 aromatic heterocycles. The number of carbonyl (C=O) groups excluding carboxylic acids is 2. The van der Waals surface area contributed by atoms with Crippen LogP contribution in [-0.2, 0) is 14.3 Å². The summed E-state index contributed by atoms with van der Waals surface area (Å²) in [6.45, 7) is 3.70. The van der Waals surface area contributed by atoms with Gasteiger partial charge in [0.05, 0.1) is 18.6 Å². The second-order valence-corrected chi connectivity index (χ2v) is 6.58. The molecule has 0 aliphatic carbocycles. The largest absolute Gasteiger partial charge is 0.468 e. The van der Waals surface area contributed by atoms with Gasteiger partial charge in [-0.1, -0.05) is 18.7 Å². The van der Waals surface area contributed by atoms with E-state index in [2.05, 4.69) is 25.2 Å². The van der Waals surface area contributed by atoms with Crippen molar-refractivity contribution in [3.8, 4) is 0 Å². The highest BCUT2D eigenvalue weighted by atomic mass is 32.2. The zero-order chi connectivity index (χ0) is 17.7. The van der Waals surface area contributed by atoms with Crippen LogP contribution in [0.5, 0.6) is 0 Å². The summed E-state index contributed by atoms with van der Waals surface area (Å²) < 4.78 is 6.12. The predicted molar refractivity (Wildman–Crippen MR) is 92.0 cm³/mol. The first-order valence-electron chi connectivity index (χ1n) is 7.09. The van der Waals surface area contributed by atoms with Gasteiger partial charge < -0.3 is 15.8 Å². The molecule has 0 bridgehead atoms. The van der Waals surface area contributed by atoms with Crippen molar-refractivity contribution >= 4 is 46.1 Å². The molecular formula is C13H18N6O3S2. The Morgan fingerprint density at radius 3 is 2.83 bits per heavy atom. The maximum absolute atomic E-state index is 12.6. The van der Waals surface area contributed by atoms with Crippen LogP contribution in [0.2, 0.25) is 0 Å². The SMILES string of the molecule is CCC(C(=O)Nc1nc(C)cs1)n1c(N)nnc1SCC(=O)OC. The van der Waals surface area contributed by atoms with Gasteiger partial charge >= 0.3 is 5.97 Å². The number of rotatable bonds is 7. The third kappa shape index (κ3) is 4.23. The molecule has 11 heteroatoms. The summed E-state index contributed by atoms with van der Waals surface area (Å²) in [7, 11) is 1.31. The molecule has 0 saturated heterocycles. The molecule has 130 valence electrons. The zero-order valence-electron chi connectivity index (χ0n) is 13.5. The number of thioether (sulfide) groups is 1. The Kier molecular flexibility index (Phi) is 6.15. The van der Waals surface area contributed by atoms with Gasteiger partial charge in [0.15, 0.2) is 10.3 Å². The molecule has 0 spiro atoms. The first kappa shape index (κ1) is 18.2. The van der Waals surface area contributed by atoms with Gasteiger partial charge in [-0.25, -0.2) is 4.98 Å². The smallest absolute Gasteiger partial charge is 0.316 e. The molecule has 2 heterocycles. The summed E-state index contributed by atoms with van der Waals surface area (Å²) in [6.07, 6.45) is 0.476.